The molecule has 1 saturated carbocycles. The first-order valence-corrected chi connectivity index (χ1v) is 7.31. The average molecular weight is 298 g/mol. The molecule has 0 spiro atoms. The van der Waals surface area contributed by atoms with Gasteiger partial charge in [-0.05, 0) is 47.5 Å². The van der Waals surface area contributed by atoms with Crippen molar-refractivity contribution in [2.75, 3.05) is 5.32 Å². The minimum Gasteiger partial charge on any atom is -0.366 e. The molecule has 4 heteroatoms. The van der Waals surface area contributed by atoms with Gasteiger partial charge in [-0.1, -0.05) is 19.8 Å². The Bertz CT molecular complexity index is 348. The van der Waals surface area contributed by atoms with E-state index in [0.29, 0.717) is 6.04 Å². The number of rotatable bonds is 4. The molecule has 0 aliphatic heterocycles. The first-order valence-electron chi connectivity index (χ1n) is 6.51. The second kappa shape index (κ2) is 6.34. The maximum Gasteiger partial charge on any atom is 0.143 e. The fraction of sp³-hybridized carbons (Fsp3) is 0.692. The molecule has 1 fully saturated rings. The van der Waals surface area contributed by atoms with Crippen LogP contribution in [0, 0.1) is 5.92 Å². The molecular formula is C13H20BrN3. The van der Waals surface area contributed by atoms with Gasteiger partial charge in [0.05, 0.1) is 4.47 Å². The molecule has 0 aromatic carbocycles. The third-order valence-electron chi connectivity index (χ3n) is 3.55. The van der Waals surface area contributed by atoms with Crippen LogP contribution in [-0.4, -0.2) is 16.0 Å². The summed E-state index contributed by atoms with van der Waals surface area (Å²) >= 11 is 3.47. The van der Waals surface area contributed by atoms with Crippen molar-refractivity contribution < 1.29 is 0 Å². The van der Waals surface area contributed by atoms with Crippen LogP contribution in [0.2, 0.25) is 0 Å². The van der Waals surface area contributed by atoms with E-state index in [1.807, 2.05) is 0 Å². The van der Waals surface area contributed by atoms with Crippen LogP contribution in [0.3, 0.4) is 0 Å². The zero-order valence-corrected chi connectivity index (χ0v) is 11.9. The Morgan fingerprint density at radius 3 is 2.76 bits per heavy atom. The number of nitrogens with one attached hydrogen (secondary N) is 1. The van der Waals surface area contributed by atoms with Crippen LogP contribution < -0.4 is 5.32 Å². The largest absolute Gasteiger partial charge is 0.366 e. The predicted octanol–water partition coefficient (Wildman–Crippen LogP) is 4.01. The molecule has 0 bridgehead atoms. The second-order valence-corrected chi connectivity index (χ2v) is 5.72. The van der Waals surface area contributed by atoms with Crippen molar-refractivity contribution in [2.45, 2.75) is 51.5 Å². The molecular weight excluding hydrogens is 278 g/mol. The van der Waals surface area contributed by atoms with Crippen LogP contribution in [-0.2, 0) is 0 Å². The van der Waals surface area contributed by atoms with E-state index >= 15 is 0 Å². The molecule has 1 aliphatic carbocycles. The quantitative estimate of drug-likeness (QED) is 0.912. The van der Waals surface area contributed by atoms with Gasteiger partial charge in [0.15, 0.2) is 0 Å². The van der Waals surface area contributed by atoms with E-state index in [1.165, 1.54) is 38.5 Å². The lowest BCUT2D eigenvalue weighted by Crippen LogP contribution is -2.26. The number of hydrogen-bond donors (Lipinski definition) is 1. The van der Waals surface area contributed by atoms with E-state index in [1.54, 1.807) is 12.5 Å². The van der Waals surface area contributed by atoms with E-state index in [-0.39, 0.29) is 0 Å². The van der Waals surface area contributed by atoms with Gasteiger partial charge in [-0.25, -0.2) is 9.97 Å². The van der Waals surface area contributed by atoms with Gasteiger partial charge in [0.1, 0.15) is 12.1 Å². The standard InChI is InChI=1S/C13H20BrN3/c1-2-3-10-4-6-11(7-5-10)17-13-12(14)8-15-9-16-13/h8-11H,2-7H2,1H3,(H,15,16,17). The van der Waals surface area contributed by atoms with Gasteiger partial charge in [0.25, 0.3) is 0 Å². The fourth-order valence-corrected chi connectivity index (χ4v) is 2.95. The van der Waals surface area contributed by atoms with Gasteiger partial charge in [-0.3, -0.25) is 0 Å². The second-order valence-electron chi connectivity index (χ2n) is 4.87. The van der Waals surface area contributed by atoms with Crippen LogP contribution in [0.15, 0.2) is 17.0 Å². The number of nitrogens with zero attached hydrogens (tertiary/aromatic N) is 2. The smallest absolute Gasteiger partial charge is 0.143 e. The van der Waals surface area contributed by atoms with Crippen molar-refractivity contribution in [1.29, 1.82) is 0 Å². The highest BCUT2D eigenvalue weighted by Gasteiger charge is 2.21. The molecule has 1 aromatic rings. The van der Waals surface area contributed by atoms with Crippen molar-refractivity contribution in [3.8, 4) is 0 Å². The first kappa shape index (κ1) is 12.8. The molecule has 94 valence electrons. The summed E-state index contributed by atoms with van der Waals surface area (Å²) in [5.74, 6) is 1.88. The van der Waals surface area contributed by atoms with Gasteiger partial charge in [0.2, 0.25) is 0 Å². The van der Waals surface area contributed by atoms with E-state index in [9.17, 15) is 0 Å². The Labute approximate surface area is 112 Å². The average Bonchev–Trinajstić information content (AvgIpc) is 2.35. The predicted molar refractivity (Wildman–Crippen MR) is 74.0 cm³/mol. The lowest BCUT2D eigenvalue weighted by molar-refractivity contribution is 0.318. The number of aromatic nitrogens is 2. The molecule has 0 amide bonds. The van der Waals surface area contributed by atoms with E-state index in [4.69, 9.17) is 0 Å². The van der Waals surface area contributed by atoms with E-state index in [2.05, 4.69) is 38.1 Å². The number of halogens is 1. The summed E-state index contributed by atoms with van der Waals surface area (Å²) in [6.45, 7) is 2.28. The molecule has 1 heterocycles. The molecule has 1 aliphatic rings. The molecule has 0 saturated heterocycles. The summed E-state index contributed by atoms with van der Waals surface area (Å²) < 4.78 is 0.954. The lowest BCUT2D eigenvalue weighted by atomic mass is 9.83. The summed E-state index contributed by atoms with van der Waals surface area (Å²) in [7, 11) is 0. The molecule has 1 N–H and O–H groups in total. The molecule has 0 radical (unpaired) electrons. The third-order valence-corrected chi connectivity index (χ3v) is 4.13. The molecule has 1 aromatic heterocycles. The highest BCUT2D eigenvalue weighted by atomic mass is 79.9. The monoisotopic (exact) mass is 297 g/mol. The van der Waals surface area contributed by atoms with Gasteiger partial charge in [0, 0.05) is 12.2 Å². The lowest BCUT2D eigenvalue weighted by Gasteiger charge is -2.29. The van der Waals surface area contributed by atoms with Gasteiger partial charge < -0.3 is 5.32 Å². The molecule has 17 heavy (non-hydrogen) atoms. The Hall–Kier alpha value is -0.640. The SMILES string of the molecule is CCCC1CCC(Nc2ncncc2Br)CC1. The number of anilines is 1. The Balaban J connectivity index is 1.84. The highest BCUT2D eigenvalue weighted by molar-refractivity contribution is 9.10. The Morgan fingerprint density at radius 2 is 2.12 bits per heavy atom. The first-order chi connectivity index (χ1) is 8.29. The minimum absolute atomic E-state index is 0.578. The van der Waals surface area contributed by atoms with E-state index < -0.39 is 0 Å². The Morgan fingerprint density at radius 1 is 1.35 bits per heavy atom. The molecule has 3 nitrogen and oxygen atoms in total. The van der Waals surface area contributed by atoms with Crippen molar-refractivity contribution in [2.24, 2.45) is 5.92 Å². The van der Waals surface area contributed by atoms with Crippen molar-refractivity contribution in [3.05, 3.63) is 17.0 Å². The van der Waals surface area contributed by atoms with Crippen molar-refractivity contribution in [3.63, 3.8) is 0 Å². The summed E-state index contributed by atoms with van der Waals surface area (Å²) in [5, 5.41) is 3.51. The van der Waals surface area contributed by atoms with Crippen LogP contribution >= 0.6 is 15.9 Å². The minimum atomic E-state index is 0.578. The summed E-state index contributed by atoms with van der Waals surface area (Å²) in [4.78, 5) is 8.24. The third kappa shape index (κ3) is 3.66. The van der Waals surface area contributed by atoms with Crippen LogP contribution in [0.25, 0.3) is 0 Å². The van der Waals surface area contributed by atoms with Crippen molar-refractivity contribution in [1.82, 2.24) is 9.97 Å². The van der Waals surface area contributed by atoms with Crippen LogP contribution in [0.1, 0.15) is 45.4 Å². The van der Waals surface area contributed by atoms with E-state index in [0.717, 1.165) is 16.2 Å². The van der Waals surface area contributed by atoms with Crippen LogP contribution in [0.5, 0.6) is 0 Å². The highest BCUT2D eigenvalue weighted by Crippen LogP contribution is 2.30. The zero-order valence-electron chi connectivity index (χ0n) is 10.3. The van der Waals surface area contributed by atoms with Gasteiger partial charge >= 0.3 is 0 Å². The fourth-order valence-electron chi connectivity index (χ4n) is 2.62. The van der Waals surface area contributed by atoms with Gasteiger partial charge in [-0.15, -0.1) is 0 Å². The molecule has 2 rings (SSSR count). The van der Waals surface area contributed by atoms with Gasteiger partial charge in [-0.2, -0.15) is 0 Å². The maximum atomic E-state index is 4.26. The van der Waals surface area contributed by atoms with Crippen molar-refractivity contribution >= 4 is 21.7 Å². The Kier molecular flexibility index (Phi) is 4.77. The van der Waals surface area contributed by atoms with Crippen LogP contribution in [0.4, 0.5) is 5.82 Å². The normalized spacial score (nSPS) is 24.6. The topological polar surface area (TPSA) is 37.8 Å². The zero-order chi connectivity index (χ0) is 12.1. The molecule has 0 atom stereocenters. The summed E-state index contributed by atoms with van der Waals surface area (Å²) in [6.07, 6.45) is 11.3. The summed E-state index contributed by atoms with van der Waals surface area (Å²) in [6, 6.07) is 0.578. The summed E-state index contributed by atoms with van der Waals surface area (Å²) in [5.41, 5.74) is 0. The maximum absolute atomic E-state index is 4.26. The number of hydrogen-bond acceptors (Lipinski definition) is 3. The molecule has 0 unspecified atom stereocenters.